The quantitative estimate of drug-likeness (QED) is 0.611. The molecule has 1 rings (SSSR count). The molecule has 0 saturated carbocycles. The second-order valence-corrected chi connectivity index (χ2v) is 3.44. The molecule has 0 fully saturated rings. The largest absolute Gasteiger partial charge is 0.465 e. The Bertz CT molecular complexity index is 424. The van der Waals surface area contributed by atoms with Crippen LogP contribution in [0.5, 0.6) is 0 Å². The van der Waals surface area contributed by atoms with E-state index in [2.05, 4.69) is 20.7 Å². The predicted octanol–water partition coefficient (Wildman–Crippen LogP) is 1.69. The molecule has 0 unspecified atom stereocenters. The summed E-state index contributed by atoms with van der Waals surface area (Å²) in [4.78, 5) is 11.2. The van der Waals surface area contributed by atoms with Gasteiger partial charge in [0.25, 0.3) is 0 Å². The van der Waals surface area contributed by atoms with Gasteiger partial charge in [0.15, 0.2) is 0 Å². The van der Waals surface area contributed by atoms with E-state index < -0.39 is 5.97 Å². The summed E-state index contributed by atoms with van der Waals surface area (Å²) in [7, 11) is 1.25. The van der Waals surface area contributed by atoms with E-state index in [4.69, 9.17) is 11.0 Å². The van der Waals surface area contributed by atoms with Crippen LogP contribution in [0.15, 0.2) is 16.6 Å². The van der Waals surface area contributed by atoms with E-state index in [1.165, 1.54) is 13.2 Å². The van der Waals surface area contributed by atoms with Crippen molar-refractivity contribution in [2.45, 2.75) is 0 Å². The standard InChI is InChI=1S/C9H7BrN2O2/c1-14-9(13)6-2-5(10)3-8(12)7(6)4-11/h2-3H,12H2,1H3. The zero-order chi connectivity index (χ0) is 10.7. The molecule has 14 heavy (non-hydrogen) atoms. The highest BCUT2D eigenvalue weighted by atomic mass is 79.9. The van der Waals surface area contributed by atoms with Crippen molar-refractivity contribution in [2.24, 2.45) is 0 Å². The van der Waals surface area contributed by atoms with Crippen LogP contribution < -0.4 is 5.73 Å². The number of anilines is 1. The van der Waals surface area contributed by atoms with Gasteiger partial charge in [-0.25, -0.2) is 4.79 Å². The van der Waals surface area contributed by atoms with Gasteiger partial charge in [-0.1, -0.05) is 15.9 Å². The van der Waals surface area contributed by atoms with Crippen molar-refractivity contribution in [1.29, 1.82) is 5.26 Å². The van der Waals surface area contributed by atoms with E-state index in [0.717, 1.165) is 0 Å². The molecule has 0 bridgehead atoms. The van der Waals surface area contributed by atoms with Crippen LogP contribution in [0.1, 0.15) is 15.9 Å². The van der Waals surface area contributed by atoms with Gasteiger partial charge in [0.1, 0.15) is 6.07 Å². The number of ether oxygens (including phenoxy) is 1. The molecule has 0 aromatic heterocycles. The van der Waals surface area contributed by atoms with Crippen LogP contribution in [-0.4, -0.2) is 13.1 Å². The molecule has 2 N–H and O–H groups in total. The van der Waals surface area contributed by atoms with Crippen molar-refractivity contribution in [1.82, 2.24) is 0 Å². The number of hydrogen-bond acceptors (Lipinski definition) is 4. The lowest BCUT2D eigenvalue weighted by Gasteiger charge is -2.05. The number of benzene rings is 1. The van der Waals surface area contributed by atoms with Crippen molar-refractivity contribution < 1.29 is 9.53 Å². The Morgan fingerprint density at radius 3 is 2.79 bits per heavy atom. The number of carbonyl (C=O) groups excluding carboxylic acids is 1. The SMILES string of the molecule is COC(=O)c1cc(Br)cc(N)c1C#N. The number of hydrogen-bond donors (Lipinski definition) is 1. The van der Waals surface area contributed by atoms with Crippen LogP contribution in [0.25, 0.3) is 0 Å². The molecule has 4 nitrogen and oxygen atoms in total. The minimum Gasteiger partial charge on any atom is -0.465 e. The van der Waals surface area contributed by atoms with Crippen molar-refractivity contribution >= 4 is 27.6 Å². The first-order valence-electron chi connectivity index (χ1n) is 3.67. The summed E-state index contributed by atoms with van der Waals surface area (Å²) in [6, 6.07) is 4.92. The van der Waals surface area contributed by atoms with Gasteiger partial charge in [0.05, 0.1) is 23.9 Å². The number of halogens is 1. The van der Waals surface area contributed by atoms with Crippen molar-refractivity contribution in [3.63, 3.8) is 0 Å². The zero-order valence-electron chi connectivity index (χ0n) is 7.37. The molecule has 0 aliphatic carbocycles. The Labute approximate surface area is 89.4 Å². The van der Waals surface area contributed by atoms with Crippen LogP contribution in [0, 0.1) is 11.3 Å². The summed E-state index contributed by atoms with van der Waals surface area (Å²) >= 11 is 3.18. The third-order valence-corrected chi connectivity index (χ3v) is 2.11. The number of rotatable bonds is 1. The molecule has 0 amide bonds. The fourth-order valence-electron chi connectivity index (χ4n) is 1.02. The number of nitrogens with zero attached hydrogens (tertiary/aromatic N) is 1. The van der Waals surface area contributed by atoms with Gasteiger partial charge >= 0.3 is 5.97 Å². The van der Waals surface area contributed by atoms with Crippen LogP contribution in [0.2, 0.25) is 0 Å². The summed E-state index contributed by atoms with van der Waals surface area (Å²) in [5.74, 6) is -0.574. The van der Waals surface area contributed by atoms with Gasteiger partial charge < -0.3 is 10.5 Å². The van der Waals surface area contributed by atoms with Crippen LogP contribution in [0.4, 0.5) is 5.69 Å². The highest BCUT2D eigenvalue weighted by molar-refractivity contribution is 9.10. The molecule has 1 aromatic carbocycles. The first kappa shape index (κ1) is 10.5. The number of methoxy groups -OCH3 is 1. The number of nitrogen functional groups attached to an aromatic ring is 1. The van der Waals surface area contributed by atoms with E-state index in [1.807, 2.05) is 6.07 Å². The molecular weight excluding hydrogens is 248 g/mol. The smallest absolute Gasteiger partial charge is 0.339 e. The van der Waals surface area contributed by atoms with Crippen LogP contribution in [-0.2, 0) is 4.74 Å². The minimum absolute atomic E-state index is 0.139. The van der Waals surface area contributed by atoms with Crippen molar-refractivity contribution in [2.75, 3.05) is 12.8 Å². The average Bonchev–Trinajstić information content (AvgIpc) is 2.15. The summed E-state index contributed by atoms with van der Waals surface area (Å²) in [5.41, 5.74) is 6.12. The third-order valence-electron chi connectivity index (χ3n) is 1.65. The molecule has 72 valence electrons. The third kappa shape index (κ3) is 1.86. The fourth-order valence-corrected chi connectivity index (χ4v) is 1.50. The molecule has 5 heteroatoms. The summed E-state index contributed by atoms with van der Waals surface area (Å²) in [5, 5.41) is 8.78. The number of carbonyl (C=O) groups is 1. The Morgan fingerprint density at radius 2 is 2.29 bits per heavy atom. The Morgan fingerprint density at radius 1 is 1.64 bits per heavy atom. The topological polar surface area (TPSA) is 76.1 Å². The lowest BCUT2D eigenvalue weighted by Crippen LogP contribution is -2.06. The zero-order valence-corrected chi connectivity index (χ0v) is 8.96. The maximum atomic E-state index is 11.2. The fraction of sp³-hybridized carbons (Fsp3) is 0.111. The van der Waals surface area contributed by atoms with E-state index in [-0.39, 0.29) is 16.8 Å². The van der Waals surface area contributed by atoms with Crippen LogP contribution in [0.3, 0.4) is 0 Å². The molecule has 0 saturated heterocycles. The van der Waals surface area contributed by atoms with E-state index in [1.54, 1.807) is 6.07 Å². The van der Waals surface area contributed by atoms with E-state index in [0.29, 0.717) is 4.47 Å². The first-order chi connectivity index (χ1) is 6.60. The maximum Gasteiger partial charge on any atom is 0.339 e. The summed E-state index contributed by atoms with van der Waals surface area (Å²) in [6.45, 7) is 0. The van der Waals surface area contributed by atoms with Gasteiger partial charge in [0.2, 0.25) is 0 Å². The van der Waals surface area contributed by atoms with Crippen molar-refractivity contribution in [3.8, 4) is 6.07 Å². The minimum atomic E-state index is -0.574. The number of esters is 1. The second kappa shape index (κ2) is 4.11. The monoisotopic (exact) mass is 254 g/mol. The lowest BCUT2D eigenvalue weighted by molar-refractivity contribution is 0.0600. The molecule has 0 radical (unpaired) electrons. The maximum absolute atomic E-state index is 11.2. The summed E-state index contributed by atoms with van der Waals surface area (Å²) < 4.78 is 5.16. The molecule has 0 aliphatic rings. The van der Waals surface area contributed by atoms with E-state index >= 15 is 0 Å². The first-order valence-corrected chi connectivity index (χ1v) is 4.47. The molecule has 0 atom stereocenters. The number of nitrogens with two attached hydrogens (primary N) is 1. The van der Waals surface area contributed by atoms with Gasteiger partial charge in [0, 0.05) is 4.47 Å². The summed E-state index contributed by atoms with van der Waals surface area (Å²) in [6.07, 6.45) is 0. The molecule has 0 heterocycles. The second-order valence-electron chi connectivity index (χ2n) is 2.52. The normalized spacial score (nSPS) is 9.21. The Hall–Kier alpha value is -1.54. The van der Waals surface area contributed by atoms with Crippen molar-refractivity contribution in [3.05, 3.63) is 27.7 Å². The van der Waals surface area contributed by atoms with E-state index in [9.17, 15) is 4.79 Å². The predicted molar refractivity (Wildman–Crippen MR) is 54.6 cm³/mol. The van der Waals surface area contributed by atoms with Gasteiger partial charge in [-0.2, -0.15) is 5.26 Å². The molecule has 0 aliphatic heterocycles. The lowest BCUT2D eigenvalue weighted by atomic mass is 10.1. The number of nitriles is 1. The van der Waals surface area contributed by atoms with Gasteiger partial charge in [-0.15, -0.1) is 0 Å². The van der Waals surface area contributed by atoms with Gasteiger partial charge in [-0.3, -0.25) is 0 Å². The highest BCUT2D eigenvalue weighted by Gasteiger charge is 2.15. The molecule has 0 spiro atoms. The average molecular weight is 255 g/mol. The molecule has 1 aromatic rings. The Kier molecular flexibility index (Phi) is 3.10. The Balaban J connectivity index is 3.41. The van der Waals surface area contributed by atoms with Gasteiger partial charge in [-0.05, 0) is 12.1 Å². The highest BCUT2D eigenvalue weighted by Crippen LogP contribution is 2.23. The van der Waals surface area contributed by atoms with Crippen LogP contribution >= 0.6 is 15.9 Å². The molecular formula is C9H7BrN2O2.